The molecule has 1 atom stereocenters. The second-order valence-electron chi connectivity index (χ2n) is 4.27. The van der Waals surface area contributed by atoms with Gasteiger partial charge in [-0.2, -0.15) is 0 Å². The molecule has 0 aromatic heterocycles. The molecule has 0 heterocycles. The van der Waals surface area contributed by atoms with Gasteiger partial charge in [0.2, 0.25) is 0 Å². The predicted molar refractivity (Wildman–Crippen MR) is 62.1 cm³/mol. The van der Waals surface area contributed by atoms with E-state index in [2.05, 4.69) is 23.9 Å². The van der Waals surface area contributed by atoms with E-state index in [1.54, 1.807) is 0 Å². The Hall–Kier alpha value is -0.770. The van der Waals surface area contributed by atoms with Crippen LogP contribution >= 0.6 is 0 Å². The van der Waals surface area contributed by atoms with E-state index in [4.69, 9.17) is 10.9 Å². The summed E-state index contributed by atoms with van der Waals surface area (Å²) in [6.07, 6.45) is 5.81. The van der Waals surface area contributed by atoms with Gasteiger partial charge >= 0.3 is 0 Å². The molecule has 88 valence electrons. The van der Waals surface area contributed by atoms with Crippen LogP contribution in [0.25, 0.3) is 0 Å². The third kappa shape index (κ3) is 3.38. The van der Waals surface area contributed by atoms with Gasteiger partial charge in [-0.25, -0.2) is 0 Å². The van der Waals surface area contributed by atoms with Gasteiger partial charge in [0.25, 0.3) is 0 Å². The maximum absolute atomic E-state index is 8.75. The van der Waals surface area contributed by atoms with Gasteiger partial charge in [0.15, 0.2) is 5.84 Å². The van der Waals surface area contributed by atoms with Crippen molar-refractivity contribution in [2.24, 2.45) is 10.9 Å². The molecule has 1 rings (SSSR count). The average molecular weight is 213 g/mol. The van der Waals surface area contributed by atoms with Gasteiger partial charge in [-0.05, 0) is 32.2 Å². The molecular weight excluding hydrogens is 190 g/mol. The summed E-state index contributed by atoms with van der Waals surface area (Å²) in [5.74, 6) is 0.362. The van der Waals surface area contributed by atoms with E-state index in [-0.39, 0.29) is 6.04 Å². The third-order valence-corrected chi connectivity index (χ3v) is 3.03. The summed E-state index contributed by atoms with van der Waals surface area (Å²) in [5, 5.41) is 11.9. The fourth-order valence-corrected chi connectivity index (χ4v) is 2.02. The molecular formula is C11H23N3O. The molecule has 4 nitrogen and oxygen atoms in total. The van der Waals surface area contributed by atoms with Crippen molar-refractivity contribution in [2.45, 2.75) is 58.0 Å². The highest BCUT2D eigenvalue weighted by Gasteiger charge is 2.34. The molecule has 15 heavy (non-hydrogen) atoms. The summed E-state index contributed by atoms with van der Waals surface area (Å²) in [7, 11) is 0. The first-order valence-corrected chi connectivity index (χ1v) is 5.97. The van der Waals surface area contributed by atoms with Crippen molar-refractivity contribution in [1.82, 2.24) is 4.90 Å². The van der Waals surface area contributed by atoms with E-state index in [1.165, 1.54) is 25.7 Å². The Kier molecular flexibility index (Phi) is 4.88. The van der Waals surface area contributed by atoms with E-state index in [0.29, 0.717) is 11.9 Å². The minimum Gasteiger partial charge on any atom is -0.409 e. The van der Waals surface area contributed by atoms with Gasteiger partial charge in [0, 0.05) is 6.04 Å². The van der Waals surface area contributed by atoms with Gasteiger partial charge < -0.3 is 10.9 Å². The Balaban J connectivity index is 2.58. The normalized spacial score (nSPS) is 19.5. The van der Waals surface area contributed by atoms with E-state index < -0.39 is 0 Å². The lowest BCUT2D eigenvalue weighted by Gasteiger charge is -2.30. The number of oxime groups is 1. The Morgan fingerprint density at radius 2 is 2.20 bits per heavy atom. The third-order valence-electron chi connectivity index (χ3n) is 3.03. The van der Waals surface area contributed by atoms with Crippen LogP contribution in [0.1, 0.15) is 46.0 Å². The Morgan fingerprint density at radius 3 is 2.60 bits per heavy atom. The molecule has 4 heteroatoms. The summed E-state index contributed by atoms with van der Waals surface area (Å²) in [5.41, 5.74) is 5.72. The Morgan fingerprint density at radius 1 is 1.53 bits per heavy atom. The second-order valence-corrected chi connectivity index (χ2v) is 4.27. The topological polar surface area (TPSA) is 61.8 Å². The average Bonchev–Trinajstić information content (AvgIpc) is 3.07. The summed E-state index contributed by atoms with van der Waals surface area (Å²) < 4.78 is 0. The minimum absolute atomic E-state index is 0.119. The zero-order valence-corrected chi connectivity index (χ0v) is 9.82. The van der Waals surface area contributed by atoms with E-state index in [9.17, 15) is 0 Å². The lowest BCUT2D eigenvalue weighted by atomic mass is 10.1. The molecule has 1 unspecified atom stereocenters. The molecule has 0 radical (unpaired) electrons. The minimum atomic E-state index is 0.119. The van der Waals surface area contributed by atoms with Crippen molar-refractivity contribution in [1.29, 1.82) is 0 Å². The lowest BCUT2D eigenvalue weighted by Crippen LogP contribution is -2.46. The smallest absolute Gasteiger partial charge is 0.156 e. The zero-order valence-electron chi connectivity index (χ0n) is 9.82. The van der Waals surface area contributed by atoms with Crippen LogP contribution in [0, 0.1) is 0 Å². The molecule has 3 N–H and O–H groups in total. The molecule has 0 spiro atoms. The van der Waals surface area contributed by atoms with Gasteiger partial charge in [0.1, 0.15) is 0 Å². The summed E-state index contributed by atoms with van der Waals surface area (Å²) in [6, 6.07) is 0.788. The van der Waals surface area contributed by atoms with Crippen LogP contribution in [-0.4, -0.2) is 34.6 Å². The number of unbranched alkanes of at least 4 members (excludes halogenated alkanes) is 1. The number of nitrogens with two attached hydrogens (primary N) is 1. The van der Waals surface area contributed by atoms with Crippen LogP contribution in [0.2, 0.25) is 0 Å². The van der Waals surface area contributed by atoms with E-state index >= 15 is 0 Å². The maximum Gasteiger partial charge on any atom is 0.156 e. The van der Waals surface area contributed by atoms with Gasteiger partial charge in [-0.1, -0.05) is 25.4 Å². The molecule has 0 bridgehead atoms. The van der Waals surface area contributed by atoms with Crippen LogP contribution in [-0.2, 0) is 0 Å². The van der Waals surface area contributed by atoms with Crippen LogP contribution in [0.15, 0.2) is 5.16 Å². The second kappa shape index (κ2) is 5.95. The van der Waals surface area contributed by atoms with E-state index in [0.717, 1.165) is 13.0 Å². The molecule has 0 amide bonds. The highest BCUT2D eigenvalue weighted by Crippen LogP contribution is 2.29. The zero-order chi connectivity index (χ0) is 11.3. The molecule has 1 saturated carbocycles. The van der Waals surface area contributed by atoms with Crippen molar-refractivity contribution >= 4 is 5.84 Å². The number of hydrogen-bond donors (Lipinski definition) is 2. The Bertz CT molecular complexity index is 214. The summed E-state index contributed by atoms with van der Waals surface area (Å²) >= 11 is 0. The molecule has 0 aromatic rings. The molecule has 0 aliphatic heterocycles. The molecule has 1 aliphatic carbocycles. The first-order chi connectivity index (χ1) is 7.24. The molecule has 1 aliphatic rings. The summed E-state index contributed by atoms with van der Waals surface area (Å²) in [6.45, 7) is 5.34. The van der Waals surface area contributed by atoms with Crippen LogP contribution in [0.3, 0.4) is 0 Å². The SMILES string of the molecule is CCCCN(C1CC1)C(CC)C(N)=NO. The number of rotatable bonds is 7. The van der Waals surface area contributed by atoms with Crippen LogP contribution < -0.4 is 5.73 Å². The number of amidine groups is 1. The fraction of sp³-hybridized carbons (Fsp3) is 0.909. The lowest BCUT2D eigenvalue weighted by molar-refractivity contribution is 0.215. The predicted octanol–water partition coefficient (Wildman–Crippen LogP) is 1.78. The highest BCUT2D eigenvalue weighted by molar-refractivity contribution is 5.85. The first kappa shape index (κ1) is 12.3. The molecule has 0 saturated heterocycles. The summed E-state index contributed by atoms with van der Waals surface area (Å²) in [4.78, 5) is 2.40. The Labute approximate surface area is 92.1 Å². The van der Waals surface area contributed by atoms with Crippen LogP contribution in [0.5, 0.6) is 0 Å². The monoisotopic (exact) mass is 213 g/mol. The molecule has 1 fully saturated rings. The number of nitrogens with zero attached hydrogens (tertiary/aromatic N) is 2. The van der Waals surface area contributed by atoms with Gasteiger partial charge in [-0.15, -0.1) is 0 Å². The van der Waals surface area contributed by atoms with Crippen molar-refractivity contribution < 1.29 is 5.21 Å². The van der Waals surface area contributed by atoms with Gasteiger partial charge in [-0.3, -0.25) is 4.90 Å². The maximum atomic E-state index is 8.75. The highest BCUT2D eigenvalue weighted by atomic mass is 16.4. The standard InChI is InChI=1S/C11H23N3O/c1-3-5-8-14(9-6-7-9)10(4-2)11(12)13-15/h9-10,15H,3-8H2,1-2H3,(H2,12,13). The quantitative estimate of drug-likeness (QED) is 0.293. The van der Waals surface area contributed by atoms with Crippen molar-refractivity contribution in [3.05, 3.63) is 0 Å². The number of hydrogen-bond acceptors (Lipinski definition) is 3. The molecule has 0 aromatic carbocycles. The van der Waals surface area contributed by atoms with Crippen molar-refractivity contribution in [2.75, 3.05) is 6.54 Å². The van der Waals surface area contributed by atoms with E-state index in [1.807, 2.05) is 0 Å². The van der Waals surface area contributed by atoms with Crippen LogP contribution in [0.4, 0.5) is 0 Å². The first-order valence-electron chi connectivity index (χ1n) is 5.97. The van der Waals surface area contributed by atoms with Gasteiger partial charge in [0.05, 0.1) is 6.04 Å². The van der Waals surface area contributed by atoms with Crippen molar-refractivity contribution in [3.63, 3.8) is 0 Å². The largest absolute Gasteiger partial charge is 0.409 e. The van der Waals surface area contributed by atoms with Crippen molar-refractivity contribution in [3.8, 4) is 0 Å². The fourth-order valence-electron chi connectivity index (χ4n) is 2.02.